The highest BCUT2D eigenvalue weighted by Crippen LogP contribution is 2.30. The van der Waals surface area contributed by atoms with Crippen LogP contribution in [0.1, 0.15) is 12.0 Å². The zero-order valence-corrected chi connectivity index (χ0v) is 14.8. The summed E-state index contributed by atoms with van der Waals surface area (Å²) in [4.78, 5) is 10.1. The van der Waals surface area contributed by atoms with Crippen molar-refractivity contribution in [1.82, 2.24) is 14.9 Å². The number of hydrogen-bond acceptors (Lipinski definition) is 3. The van der Waals surface area contributed by atoms with E-state index in [2.05, 4.69) is 38.5 Å². The first-order valence-electron chi connectivity index (χ1n) is 8.63. The van der Waals surface area contributed by atoms with Gasteiger partial charge in [-0.1, -0.05) is 29.8 Å². The Balaban J connectivity index is 1.37. The molecule has 2 aromatic heterocycles. The van der Waals surface area contributed by atoms with Gasteiger partial charge < -0.3 is 10.3 Å². The van der Waals surface area contributed by atoms with Crippen LogP contribution in [0.2, 0.25) is 5.02 Å². The smallest absolute Gasteiger partial charge is 0.125 e. The molecule has 25 heavy (non-hydrogen) atoms. The summed E-state index contributed by atoms with van der Waals surface area (Å²) in [7, 11) is 0. The number of anilines is 1. The van der Waals surface area contributed by atoms with Crippen molar-refractivity contribution in [3.8, 4) is 0 Å². The van der Waals surface area contributed by atoms with Gasteiger partial charge in [-0.25, -0.2) is 4.98 Å². The highest BCUT2D eigenvalue weighted by molar-refractivity contribution is 6.31. The van der Waals surface area contributed by atoms with Crippen LogP contribution in [0.15, 0.2) is 54.9 Å². The maximum atomic E-state index is 6.07. The molecule has 0 bridgehead atoms. The SMILES string of the molecule is Clc1ccc2c(C3=CCN(CCNc4ccccn4)CC3)c[nH]c2c1. The van der Waals surface area contributed by atoms with Crippen LogP contribution in [0.5, 0.6) is 0 Å². The number of halogens is 1. The van der Waals surface area contributed by atoms with Gasteiger partial charge in [-0.2, -0.15) is 0 Å². The molecule has 0 amide bonds. The van der Waals surface area contributed by atoms with E-state index in [4.69, 9.17) is 11.6 Å². The summed E-state index contributed by atoms with van der Waals surface area (Å²) in [5, 5.41) is 5.39. The van der Waals surface area contributed by atoms with E-state index in [1.807, 2.05) is 36.5 Å². The van der Waals surface area contributed by atoms with Crippen LogP contribution < -0.4 is 5.32 Å². The molecule has 0 atom stereocenters. The second-order valence-corrected chi connectivity index (χ2v) is 6.75. The van der Waals surface area contributed by atoms with Crippen LogP contribution in [0.4, 0.5) is 5.82 Å². The third-order valence-corrected chi connectivity index (χ3v) is 4.92. The monoisotopic (exact) mass is 352 g/mol. The van der Waals surface area contributed by atoms with Crippen molar-refractivity contribution in [3.05, 3.63) is 65.5 Å². The fourth-order valence-electron chi connectivity index (χ4n) is 3.33. The first-order chi connectivity index (χ1) is 12.3. The number of aromatic amines is 1. The number of pyridine rings is 1. The van der Waals surface area contributed by atoms with Gasteiger partial charge in [0.1, 0.15) is 5.82 Å². The molecule has 4 rings (SSSR count). The lowest BCUT2D eigenvalue weighted by molar-refractivity contribution is 0.313. The van der Waals surface area contributed by atoms with Gasteiger partial charge in [0.25, 0.3) is 0 Å². The zero-order valence-electron chi connectivity index (χ0n) is 14.0. The lowest BCUT2D eigenvalue weighted by Crippen LogP contribution is -2.32. The van der Waals surface area contributed by atoms with Gasteiger partial charge in [0.2, 0.25) is 0 Å². The van der Waals surface area contributed by atoms with E-state index in [-0.39, 0.29) is 0 Å². The van der Waals surface area contributed by atoms with Gasteiger partial charge in [0.05, 0.1) is 0 Å². The highest BCUT2D eigenvalue weighted by Gasteiger charge is 2.15. The molecule has 1 aliphatic rings. The quantitative estimate of drug-likeness (QED) is 0.714. The zero-order chi connectivity index (χ0) is 17.1. The van der Waals surface area contributed by atoms with E-state index in [0.717, 1.165) is 49.0 Å². The van der Waals surface area contributed by atoms with Gasteiger partial charge in [0.15, 0.2) is 0 Å². The van der Waals surface area contributed by atoms with Gasteiger partial charge in [-0.3, -0.25) is 4.90 Å². The molecule has 0 fully saturated rings. The van der Waals surface area contributed by atoms with Crippen molar-refractivity contribution in [2.24, 2.45) is 0 Å². The maximum Gasteiger partial charge on any atom is 0.125 e. The van der Waals surface area contributed by atoms with Crippen molar-refractivity contribution in [2.75, 3.05) is 31.5 Å². The standard InChI is InChI=1S/C20H21ClN4/c21-16-4-5-17-18(14-24-19(17)13-16)15-6-10-25(11-7-15)12-9-23-20-3-1-2-8-22-20/h1-6,8,13-14,24H,7,9-12H2,(H,22,23). The molecule has 3 aromatic rings. The van der Waals surface area contributed by atoms with Gasteiger partial charge in [-0.15, -0.1) is 0 Å². The Morgan fingerprint density at radius 3 is 3.00 bits per heavy atom. The van der Waals surface area contributed by atoms with E-state index in [1.54, 1.807) is 0 Å². The second-order valence-electron chi connectivity index (χ2n) is 6.31. The predicted octanol–water partition coefficient (Wildman–Crippen LogP) is 4.42. The molecule has 0 spiro atoms. The van der Waals surface area contributed by atoms with Crippen molar-refractivity contribution in [3.63, 3.8) is 0 Å². The number of aromatic nitrogens is 2. The van der Waals surface area contributed by atoms with Crippen LogP contribution in [-0.4, -0.2) is 41.0 Å². The average Bonchev–Trinajstić information content (AvgIpc) is 3.06. The summed E-state index contributed by atoms with van der Waals surface area (Å²) in [5.74, 6) is 0.938. The van der Waals surface area contributed by atoms with Gasteiger partial charge >= 0.3 is 0 Å². The number of fused-ring (bicyclic) bond motifs is 1. The van der Waals surface area contributed by atoms with Crippen molar-refractivity contribution >= 4 is 33.9 Å². The van der Waals surface area contributed by atoms with Crippen LogP contribution in [0, 0.1) is 0 Å². The molecule has 0 unspecified atom stereocenters. The average molecular weight is 353 g/mol. The normalized spacial score (nSPS) is 15.3. The minimum atomic E-state index is 0.769. The fourth-order valence-corrected chi connectivity index (χ4v) is 3.50. The Morgan fingerprint density at radius 1 is 1.24 bits per heavy atom. The molecule has 0 saturated carbocycles. The highest BCUT2D eigenvalue weighted by atomic mass is 35.5. The maximum absolute atomic E-state index is 6.07. The van der Waals surface area contributed by atoms with E-state index in [9.17, 15) is 0 Å². The summed E-state index contributed by atoms with van der Waals surface area (Å²) in [6.45, 7) is 3.99. The molecule has 0 radical (unpaired) electrons. The largest absolute Gasteiger partial charge is 0.369 e. The van der Waals surface area contributed by atoms with Crippen molar-refractivity contribution < 1.29 is 0 Å². The molecular formula is C20H21ClN4. The number of benzene rings is 1. The van der Waals surface area contributed by atoms with E-state index in [1.165, 1.54) is 16.5 Å². The molecule has 1 aromatic carbocycles. The minimum absolute atomic E-state index is 0.769. The van der Waals surface area contributed by atoms with Gasteiger partial charge in [0, 0.05) is 60.1 Å². The second kappa shape index (κ2) is 7.30. The van der Waals surface area contributed by atoms with Gasteiger partial charge in [-0.05, 0) is 36.3 Å². The number of hydrogen-bond donors (Lipinski definition) is 2. The van der Waals surface area contributed by atoms with Crippen LogP contribution in [0.25, 0.3) is 16.5 Å². The molecule has 3 heterocycles. The Bertz CT molecular complexity index is 885. The minimum Gasteiger partial charge on any atom is -0.369 e. The Hall–Kier alpha value is -2.30. The van der Waals surface area contributed by atoms with E-state index in [0.29, 0.717) is 0 Å². The van der Waals surface area contributed by atoms with Crippen molar-refractivity contribution in [1.29, 1.82) is 0 Å². The Morgan fingerprint density at radius 2 is 2.20 bits per heavy atom. The Kier molecular flexibility index (Phi) is 4.72. The summed E-state index contributed by atoms with van der Waals surface area (Å²) in [5.41, 5.74) is 3.82. The fraction of sp³-hybridized carbons (Fsp3) is 0.250. The third-order valence-electron chi connectivity index (χ3n) is 4.68. The summed E-state index contributed by atoms with van der Waals surface area (Å²) >= 11 is 6.07. The topological polar surface area (TPSA) is 44.0 Å². The van der Waals surface area contributed by atoms with E-state index < -0.39 is 0 Å². The molecule has 2 N–H and O–H groups in total. The summed E-state index contributed by atoms with van der Waals surface area (Å²) < 4.78 is 0. The number of nitrogens with zero attached hydrogens (tertiary/aromatic N) is 2. The van der Waals surface area contributed by atoms with Crippen LogP contribution in [0.3, 0.4) is 0 Å². The van der Waals surface area contributed by atoms with E-state index >= 15 is 0 Å². The number of nitrogens with one attached hydrogen (secondary N) is 2. The molecule has 1 aliphatic heterocycles. The molecule has 5 heteroatoms. The number of H-pyrrole nitrogens is 1. The lowest BCUT2D eigenvalue weighted by atomic mass is 9.99. The summed E-state index contributed by atoms with van der Waals surface area (Å²) in [6.07, 6.45) is 7.33. The molecule has 0 aliphatic carbocycles. The molecule has 4 nitrogen and oxygen atoms in total. The molecule has 0 saturated heterocycles. The Labute approximate surface area is 152 Å². The molecule has 128 valence electrons. The number of rotatable bonds is 5. The summed E-state index contributed by atoms with van der Waals surface area (Å²) in [6, 6.07) is 12.0. The first kappa shape index (κ1) is 16.2. The first-order valence-corrected chi connectivity index (χ1v) is 9.01. The third kappa shape index (κ3) is 3.70. The molecular weight excluding hydrogens is 332 g/mol. The lowest BCUT2D eigenvalue weighted by Gasteiger charge is -2.26. The van der Waals surface area contributed by atoms with Crippen LogP contribution in [-0.2, 0) is 0 Å². The predicted molar refractivity (Wildman–Crippen MR) is 105 cm³/mol. The van der Waals surface area contributed by atoms with Crippen LogP contribution >= 0.6 is 11.6 Å². The van der Waals surface area contributed by atoms with Crippen molar-refractivity contribution in [2.45, 2.75) is 6.42 Å².